The van der Waals surface area contributed by atoms with E-state index in [0.29, 0.717) is 5.15 Å². The van der Waals surface area contributed by atoms with Crippen molar-refractivity contribution in [1.82, 2.24) is 9.97 Å². The molecule has 2 rings (SSSR count). The van der Waals surface area contributed by atoms with Crippen LogP contribution in [0.3, 0.4) is 0 Å². The van der Waals surface area contributed by atoms with Crippen LogP contribution < -0.4 is 0 Å². The van der Waals surface area contributed by atoms with Crippen molar-refractivity contribution >= 4 is 23.4 Å². The fraction of sp³-hybridized carbons (Fsp3) is 0.286. The summed E-state index contributed by atoms with van der Waals surface area (Å²) in [5.41, 5.74) is 2.53. The zero-order valence-electron chi connectivity index (χ0n) is 10.7. The van der Waals surface area contributed by atoms with Gasteiger partial charge in [0.2, 0.25) is 0 Å². The maximum atomic E-state index is 6.00. The van der Waals surface area contributed by atoms with Crippen molar-refractivity contribution in [3.8, 4) is 0 Å². The number of benzene rings is 1. The topological polar surface area (TPSA) is 25.8 Å². The predicted molar refractivity (Wildman–Crippen MR) is 76.5 cm³/mol. The van der Waals surface area contributed by atoms with Gasteiger partial charge in [-0.05, 0) is 25.5 Å². The third-order valence-electron chi connectivity index (χ3n) is 2.58. The zero-order chi connectivity index (χ0) is 13.1. The molecule has 18 heavy (non-hydrogen) atoms. The minimum atomic E-state index is 0.508. The molecular formula is C14H15ClN2S. The first kappa shape index (κ1) is 13.4. The summed E-state index contributed by atoms with van der Waals surface area (Å²) in [6, 6.07) is 8.21. The van der Waals surface area contributed by atoms with E-state index in [0.717, 1.165) is 17.3 Å². The lowest BCUT2D eigenvalue weighted by Crippen LogP contribution is -1.94. The number of aryl methyl sites for hydroxylation is 3. The first-order valence-corrected chi connectivity index (χ1v) is 7.06. The lowest BCUT2D eigenvalue weighted by molar-refractivity contribution is 0.889. The van der Waals surface area contributed by atoms with Gasteiger partial charge in [-0.25, -0.2) is 9.97 Å². The summed E-state index contributed by atoms with van der Waals surface area (Å²) in [6.45, 7) is 6.23. The number of hydrogen-bond acceptors (Lipinski definition) is 3. The summed E-state index contributed by atoms with van der Waals surface area (Å²) in [6.07, 6.45) is 0.793. The average molecular weight is 279 g/mol. The van der Waals surface area contributed by atoms with Gasteiger partial charge in [-0.2, -0.15) is 0 Å². The SMILES string of the molecule is CCc1nc(Cl)cc(Sc2ccc(C)cc2C)n1. The predicted octanol–water partition coefficient (Wildman–Crippen LogP) is 4.46. The Morgan fingerprint density at radius 2 is 1.94 bits per heavy atom. The van der Waals surface area contributed by atoms with Gasteiger partial charge in [0.05, 0.1) is 0 Å². The molecule has 0 radical (unpaired) electrons. The van der Waals surface area contributed by atoms with Gasteiger partial charge in [0, 0.05) is 17.4 Å². The number of nitrogens with zero attached hydrogens (tertiary/aromatic N) is 2. The highest BCUT2D eigenvalue weighted by Crippen LogP contribution is 2.30. The Labute approximate surface area is 117 Å². The van der Waals surface area contributed by atoms with Crippen LogP contribution in [0.25, 0.3) is 0 Å². The van der Waals surface area contributed by atoms with E-state index in [1.165, 1.54) is 16.0 Å². The number of hydrogen-bond donors (Lipinski definition) is 0. The van der Waals surface area contributed by atoms with Gasteiger partial charge >= 0.3 is 0 Å². The van der Waals surface area contributed by atoms with Crippen molar-refractivity contribution in [2.75, 3.05) is 0 Å². The molecule has 0 atom stereocenters. The van der Waals surface area contributed by atoms with Gasteiger partial charge < -0.3 is 0 Å². The molecule has 0 amide bonds. The van der Waals surface area contributed by atoms with Crippen LogP contribution in [0.15, 0.2) is 34.2 Å². The van der Waals surface area contributed by atoms with Crippen molar-refractivity contribution in [3.63, 3.8) is 0 Å². The normalized spacial score (nSPS) is 10.7. The molecule has 0 bridgehead atoms. The van der Waals surface area contributed by atoms with Crippen LogP contribution in [0.2, 0.25) is 5.15 Å². The quantitative estimate of drug-likeness (QED) is 0.775. The second-order valence-corrected chi connectivity index (χ2v) is 5.62. The van der Waals surface area contributed by atoms with E-state index in [-0.39, 0.29) is 0 Å². The molecule has 1 heterocycles. The fourth-order valence-corrected chi connectivity index (χ4v) is 2.85. The number of aromatic nitrogens is 2. The lowest BCUT2D eigenvalue weighted by Gasteiger charge is -2.07. The van der Waals surface area contributed by atoms with Gasteiger partial charge in [-0.1, -0.05) is 48.0 Å². The molecule has 0 aliphatic rings. The minimum absolute atomic E-state index is 0.508. The van der Waals surface area contributed by atoms with Crippen molar-refractivity contribution < 1.29 is 0 Å². The highest BCUT2D eigenvalue weighted by atomic mass is 35.5. The molecule has 2 nitrogen and oxygen atoms in total. The van der Waals surface area contributed by atoms with Crippen molar-refractivity contribution in [2.24, 2.45) is 0 Å². The summed E-state index contributed by atoms with van der Waals surface area (Å²) in [4.78, 5) is 9.86. The van der Waals surface area contributed by atoms with E-state index in [4.69, 9.17) is 11.6 Å². The van der Waals surface area contributed by atoms with E-state index < -0.39 is 0 Å². The number of rotatable bonds is 3. The molecule has 1 aromatic heterocycles. The van der Waals surface area contributed by atoms with Crippen LogP contribution >= 0.6 is 23.4 Å². The molecule has 0 aliphatic heterocycles. The van der Waals surface area contributed by atoms with Gasteiger partial charge in [-0.15, -0.1) is 0 Å². The van der Waals surface area contributed by atoms with Crippen molar-refractivity contribution in [2.45, 2.75) is 37.1 Å². The molecule has 94 valence electrons. The fourth-order valence-electron chi connectivity index (χ4n) is 1.68. The Morgan fingerprint density at radius 3 is 2.61 bits per heavy atom. The van der Waals surface area contributed by atoms with Gasteiger partial charge in [0.15, 0.2) is 0 Å². The molecule has 2 aromatic rings. The van der Waals surface area contributed by atoms with Gasteiger partial charge in [0.1, 0.15) is 16.0 Å². The molecule has 0 aliphatic carbocycles. The molecule has 0 fully saturated rings. The first-order chi connectivity index (χ1) is 8.58. The summed E-state index contributed by atoms with van der Waals surface area (Å²) >= 11 is 7.63. The number of halogens is 1. The van der Waals surface area contributed by atoms with Crippen LogP contribution in [0.1, 0.15) is 23.9 Å². The largest absolute Gasteiger partial charge is 0.226 e. The Balaban J connectivity index is 2.30. The highest BCUT2D eigenvalue weighted by Gasteiger charge is 2.06. The average Bonchev–Trinajstić information content (AvgIpc) is 2.32. The van der Waals surface area contributed by atoms with Crippen LogP contribution in [0, 0.1) is 13.8 Å². The molecule has 4 heteroatoms. The van der Waals surface area contributed by atoms with E-state index in [9.17, 15) is 0 Å². The third-order valence-corrected chi connectivity index (χ3v) is 3.87. The standard InChI is InChI=1S/C14H15ClN2S/c1-4-13-16-12(15)8-14(17-13)18-11-6-5-9(2)7-10(11)3/h5-8H,4H2,1-3H3. The molecule has 0 saturated heterocycles. The van der Waals surface area contributed by atoms with Crippen LogP contribution in [-0.2, 0) is 6.42 Å². The second kappa shape index (κ2) is 5.72. The Hall–Kier alpha value is -1.06. The van der Waals surface area contributed by atoms with E-state index >= 15 is 0 Å². The maximum absolute atomic E-state index is 6.00. The minimum Gasteiger partial charge on any atom is -0.226 e. The third kappa shape index (κ3) is 3.24. The molecule has 0 unspecified atom stereocenters. The second-order valence-electron chi connectivity index (χ2n) is 4.17. The first-order valence-electron chi connectivity index (χ1n) is 5.87. The molecule has 1 aromatic carbocycles. The molecular weight excluding hydrogens is 264 g/mol. The van der Waals surface area contributed by atoms with Crippen molar-refractivity contribution in [3.05, 3.63) is 46.4 Å². The van der Waals surface area contributed by atoms with E-state index in [1.807, 2.05) is 13.0 Å². The van der Waals surface area contributed by atoms with Crippen LogP contribution in [-0.4, -0.2) is 9.97 Å². The smallest absolute Gasteiger partial charge is 0.133 e. The van der Waals surface area contributed by atoms with Crippen LogP contribution in [0.4, 0.5) is 0 Å². The lowest BCUT2D eigenvalue weighted by atomic mass is 10.2. The summed E-state index contributed by atoms with van der Waals surface area (Å²) in [5, 5.41) is 1.41. The molecule has 0 saturated carbocycles. The van der Waals surface area contributed by atoms with Gasteiger partial charge in [0.25, 0.3) is 0 Å². The summed E-state index contributed by atoms with van der Waals surface area (Å²) in [5.74, 6) is 0.787. The molecule has 0 N–H and O–H groups in total. The van der Waals surface area contributed by atoms with Crippen LogP contribution in [0.5, 0.6) is 0 Å². The maximum Gasteiger partial charge on any atom is 0.133 e. The Kier molecular flexibility index (Phi) is 4.25. The van der Waals surface area contributed by atoms with Crippen molar-refractivity contribution in [1.29, 1.82) is 0 Å². The van der Waals surface area contributed by atoms with Gasteiger partial charge in [-0.3, -0.25) is 0 Å². The van der Waals surface area contributed by atoms with E-state index in [1.54, 1.807) is 11.8 Å². The van der Waals surface area contributed by atoms with E-state index in [2.05, 4.69) is 42.0 Å². The highest BCUT2D eigenvalue weighted by molar-refractivity contribution is 7.99. The summed E-state index contributed by atoms with van der Waals surface area (Å²) < 4.78 is 0. The molecule has 0 spiro atoms. The monoisotopic (exact) mass is 278 g/mol. The zero-order valence-corrected chi connectivity index (χ0v) is 12.3. The summed E-state index contributed by atoms with van der Waals surface area (Å²) in [7, 11) is 0. The Bertz CT molecular complexity index is 570. The Morgan fingerprint density at radius 1 is 1.17 bits per heavy atom.